The van der Waals surface area contributed by atoms with E-state index in [-0.39, 0.29) is 11.5 Å². The van der Waals surface area contributed by atoms with Gasteiger partial charge in [0.2, 0.25) is 0 Å². The highest BCUT2D eigenvalue weighted by Gasteiger charge is 2.11. The van der Waals surface area contributed by atoms with Gasteiger partial charge in [0, 0.05) is 12.1 Å². The van der Waals surface area contributed by atoms with Crippen LogP contribution in [0.3, 0.4) is 0 Å². The number of methoxy groups -OCH3 is 2. The summed E-state index contributed by atoms with van der Waals surface area (Å²) in [5, 5.41) is 11.4. The van der Waals surface area contributed by atoms with Gasteiger partial charge in [-0.3, -0.25) is 9.69 Å². The summed E-state index contributed by atoms with van der Waals surface area (Å²) < 4.78 is 10.6. The predicted molar refractivity (Wildman–Crippen MR) is 111 cm³/mol. The lowest BCUT2D eigenvalue weighted by molar-refractivity contribution is 0.0947. The van der Waals surface area contributed by atoms with E-state index in [1.807, 2.05) is 54.4 Å². The van der Waals surface area contributed by atoms with Crippen molar-refractivity contribution in [1.29, 1.82) is 0 Å². The molecule has 1 N–H and O–H groups in total. The first-order chi connectivity index (χ1) is 13.5. The van der Waals surface area contributed by atoms with Crippen LogP contribution >= 0.6 is 0 Å². The Bertz CT molecular complexity index is 983. The molecule has 0 unspecified atom stereocenters. The lowest BCUT2D eigenvalue weighted by atomic mass is 10.0. The van der Waals surface area contributed by atoms with Crippen LogP contribution in [-0.2, 0) is 6.42 Å². The molecule has 3 rings (SSSR count). The van der Waals surface area contributed by atoms with E-state index < -0.39 is 0 Å². The number of benzene rings is 3. The van der Waals surface area contributed by atoms with Crippen molar-refractivity contribution in [2.75, 3.05) is 34.4 Å². The predicted octanol–water partition coefficient (Wildman–Crippen LogP) is 3.92. The van der Waals surface area contributed by atoms with E-state index in [1.54, 1.807) is 26.4 Å². The Balaban J connectivity index is 1.60. The number of carbonyl (C=O) groups is 1. The van der Waals surface area contributed by atoms with Gasteiger partial charge >= 0.3 is 0 Å². The molecular weight excluding hydrogens is 354 g/mol. The zero-order chi connectivity index (χ0) is 20.1. The van der Waals surface area contributed by atoms with Crippen molar-refractivity contribution in [1.82, 2.24) is 4.90 Å². The molecule has 0 bridgehead atoms. The van der Waals surface area contributed by atoms with Crippen LogP contribution in [0, 0.1) is 0 Å². The third kappa shape index (κ3) is 4.61. The Morgan fingerprint density at radius 3 is 2.39 bits per heavy atom. The number of likely N-dealkylation sites (N-methyl/N-ethyl adjacent to an activating group) is 1. The summed E-state index contributed by atoms with van der Waals surface area (Å²) in [7, 11) is 5.18. The maximum absolute atomic E-state index is 12.6. The fourth-order valence-electron chi connectivity index (χ4n) is 3.18. The molecule has 0 aromatic heterocycles. The molecule has 5 heteroatoms. The number of Topliss-reactive ketones (excluding diaryl/α,β-unsaturated/α-hetero) is 1. The molecule has 0 spiro atoms. The van der Waals surface area contributed by atoms with Gasteiger partial charge < -0.3 is 14.6 Å². The third-order valence-corrected chi connectivity index (χ3v) is 4.79. The molecule has 0 amide bonds. The van der Waals surface area contributed by atoms with Gasteiger partial charge in [0.05, 0.1) is 20.8 Å². The number of hydrogen-bond donors (Lipinski definition) is 1. The average Bonchev–Trinajstić information content (AvgIpc) is 2.71. The van der Waals surface area contributed by atoms with E-state index in [4.69, 9.17) is 9.47 Å². The molecule has 3 aromatic rings. The first-order valence-corrected chi connectivity index (χ1v) is 9.15. The Morgan fingerprint density at radius 1 is 0.929 bits per heavy atom. The second-order valence-corrected chi connectivity index (χ2v) is 6.85. The number of phenolic OH excluding ortho intramolecular Hbond substituents is 1. The minimum atomic E-state index is 0.0739. The molecule has 28 heavy (non-hydrogen) atoms. The molecule has 0 radical (unpaired) electrons. The fourth-order valence-corrected chi connectivity index (χ4v) is 3.18. The van der Waals surface area contributed by atoms with Crippen LogP contribution in [0.2, 0.25) is 0 Å². The summed E-state index contributed by atoms with van der Waals surface area (Å²) >= 11 is 0. The number of carbonyl (C=O) groups excluding carboxylic acids is 1. The SMILES string of the molecule is COc1ccc(CCN(C)CC(=O)c2ccc3cc(O)ccc3c2)cc1OC. The van der Waals surface area contributed by atoms with E-state index in [0.717, 1.165) is 29.3 Å². The zero-order valence-corrected chi connectivity index (χ0v) is 16.4. The van der Waals surface area contributed by atoms with E-state index >= 15 is 0 Å². The number of ketones is 1. The fraction of sp³-hybridized carbons (Fsp3) is 0.261. The molecule has 0 saturated carbocycles. The van der Waals surface area contributed by atoms with Crippen molar-refractivity contribution in [3.05, 3.63) is 65.7 Å². The van der Waals surface area contributed by atoms with Gasteiger partial charge in [-0.05, 0) is 60.1 Å². The Labute approximate surface area is 165 Å². The van der Waals surface area contributed by atoms with Crippen molar-refractivity contribution in [2.45, 2.75) is 6.42 Å². The van der Waals surface area contributed by atoms with Crippen LogP contribution in [0.4, 0.5) is 0 Å². The van der Waals surface area contributed by atoms with Gasteiger partial charge in [-0.25, -0.2) is 0 Å². The molecule has 0 aliphatic carbocycles. The summed E-state index contributed by atoms with van der Waals surface area (Å²) in [5.74, 6) is 1.71. The van der Waals surface area contributed by atoms with Crippen molar-refractivity contribution in [2.24, 2.45) is 0 Å². The lowest BCUT2D eigenvalue weighted by Gasteiger charge is -2.16. The van der Waals surface area contributed by atoms with Crippen molar-refractivity contribution in [3.8, 4) is 17.2 Å². The molecule has 0 atom stereocenters. The summed E-state index contributed by atoms with van der Waals surface area (Å²) in [5.41, 5.74) is 1.80. The summed E-state index contributed by atoms with van der Waals surface area (Å²) in [6.45, 7) is 1.10. The van der Waals surface area contributed by atoms with E-state index in [2.05, 4.69) is 0 Å². The number of fused-ring (bicyclic) bond motifs is 1. The van der Waals surface area contributed by atoms with Gasteiger partial charge in [0.25, 0.3) is 0 Å². The molecule has 0 fully saturated rings. The second-order valence-electron chi connectivity index (χ2n) is 6.85. The number of hydrogen-bond acceptors (Lipinski definition) is 5. The molecule has 0 heterocycles. The Morgan fingerprint density at radius 2 is 1.64 bits per heavy atom. The van der Waals surface area contributed by atoms with Crippen LogP contribution in [0.5, 0.6) is 17.2 Å². The van der Waals surface area contributed by atoms with Crippen LogP contribution in [0.15, 0.2) is 54.6 Å². The van der Waals surface area contributed by atoms with Gasteiger partial charge in [-0.15, -0.1) is 0 Å². The lowest BCUT2D eigenvalue weighted by Crippen LogP contribution is -2.28. The average molecular weight is 379 g/mol. The topological polar surface area (TPSA) is 59.0 Å². The molecule has 5 nitrogen and oxygen atoms in total. The summed E-state index contributed by atoms with van der Waals surface area (Å²) in [6, 6.07) is 16.6. The summed E-state index contributed by atoms with van der Waals surface area (Å²) in [4.78, 5) is 14.6. The highest BCUT2D eigenvalue weighted by molar-refractivity contribution is 6.01. The van der Waals surface area contributed by atoms with Gasteiger partial charge in [-0.1, -0.05) is 24.3 Å². The molecule has 0 saturated heterocycles. The Hall–Kier alpha value is -3.05. The standard InChI is InChI=1S/C23H25NO4/c1-24(11-10-16-4-9-22(27-2)23(12-16)28-3)15-21(26)19-6-5-18-14-20(25)8-7-17(18)13-19/h4-9,12-14,25H,10-11,15H2,1-3H3. The monoisotopic (exact) mass is 379 g/mol. The molecule has 146 valence electrons. The van der Waals surface area contributed by atoms with Gasteiger partial charge in [0.1, 0.15) is 5.75 Å². The number of nitrogens with zero attached hydrogens (tertiary/aromatic N) is 1. The van der Waals surface area contributed by atoms with Crippen LogP contribution in [0.1, 0.15) is 15.9 Å². The maximum atomic E-state index is 12.6. The zero-order valence-electron chi connectivity index (χ0n) is 16.4. The van der Waals surface area contributed by atoms with Crippen molar-refractivity contribution in [3.63, 3.8) is 0 Å². The highest BCUT2D eigenvalue weighted by Crippen LogP contribution is 2.27. The van der Waals surface area contributed by atoms with Crippen LogP contribution in [0.25, 0.3) is 10.8 Å². The molecule has 3 aromatic carbocycles. The minimum absolute atomic E-state index is 0.0739. The van der Waals surface area contributed by atoms with E-state index in [9.17, 15) is 9.90 Å². The molecule has 0 aliphatic heterocycles. The van der Waals surface area contributed by atoms with Crippen LogP contribution in [-0.4, -0.2) is 50.1 Å². The Kier molecular flexibility index (Phi) is 6.16. The molecule has 0 aliphatic rings. The number of rotatable bonds is 8. The minimum Gasteiger partial charge on any atom is -0.508 e. The first-order valence-electron chi connectivity index (χ1n) is 9.15. The number of aromatic hydroxyl groups is 1. The first kappa shape index (κ1) is 19.7. The van der Waals surface area contributed by atoms with Gasteiger partial charge in [-0.2, -0.15) is 0 Å². The normalized spacial score (nSPS) is 11.0. The van der Waals surface area contributed by atoms with Crippen molar-refractivity contribution < 1.29 is 19.4 Å². The third-order valence-electron chi connectivity index (χ3n) is 4.79. The number of ether oxygens (including phenoxy) is 2. The quantitative estimate of drug-likeness (QED) is 0.601. The van der Waals surface area contributed by atoms with E-state index in [1.165, 1.54) is 0 Å². The molecular formula is C23H25NO4. The van der Waals surface area contributed by atoms with E-state index in [0.29, 0.717) is 23.6 Å². The second kappa shape index (κ2) is 8.76. The number of phenols is 1. The van der Waals surface area contributed by atoms with Crippen molar-refractivity contribution >= 4 is 16.6 Å². The highest BCUT2D eigenvalue weighted by atomic mass is 16.5. The van der Waals surface area contributed by atoms with Crippen LogP contribution < -0.4 is 9.47 Å². The van der Waals surface area contributed by atoms with Gasteiger partial charge in [0.15, 0.2) is 17.3 Å². The largest absolute Gasteiger partial charge is 0.508 e. The summed E-state index contributed by atoms with van der Waals surface area (Å²) in [6.07, 6.45) is 0.807. The maximum Gasteiger partial charge on any atom is 0.176 e. The smallest absolute Gasteiger partial charge is 0.176 e.